The lowest BCUT2D eigenvalue weighted by Crippen LogP contribution is -2.46. The standard InChI is InChI=1S/C29H47NO4S/c1-18-11-9-13-28(5,6)25(18)23(31)15-20(3)30-22(27(33)34)17-35-21(4)16-24(32)26-19(2)12-10-14-29(26,7)8/h9-12,18-22,25-26,30H,13-17H2,1-8H3,(H,33,34). The Morgan fingerprint density at radius 2 is 1.37 bits per heavy atom. The summed E-state index contributed by atoms with van der Waals surface area (Å²) in [5, 5.41) is 13.0. The van der Waals surface area contributed by atoms with Crippen molar-refractivity contribution in [3.63, 3.8) is 0 Å². The first-order valence-electron chi connectivity index (χ1n) is 13.1. The second-order valence-electron chi connectivity index (χ2n) is 12.4. The minimum atomic E-state index is -0.920. The summed E-state index contributed by atoms with van der Waals surface area (Å²) in [7, 11) is 0. The van der Waals surface area contributed by atoms with E-state index in [1.807, 2.05) is 13.8 Å². The second-order valence-corrected chi connectivity index (χ2v) is 13.8. The van der Waals surface area contributed by atoms with Crippen molar-refractivity contribution in [2.45, 2.75) is 98.4 Å². The highest BCUT2D eigenvalue weighted by Crippen LogP contribution is 2.43. The van der Waals surface area contributed by atoms with E-state index in [2.05, 4.69) is 71.2 Å². The quantitative estimate of drug-likeness (QED) is 0.320. The van der Waals surface area contributed by atoms with Crippen molar-refractivity contribution in [2.24, 2.45) is 34.5 Å². The number of Topliss-reactive ketones (excluding diaryl/α,β-unsaturated/α-hetero) is 2. The van der Waals surface area contributed by atoms with Gasteiger partial charge in [0, 0.05) is 41.7 Å². The summed E-state index contributed by atoms with van der Waals surface area (Å²) in [6.07, 6.45) is 11.1. The van der Waals surface area contributed by atoms with Crippen LogP contribution in [0.1, 0.15) is 81.1 Å². The van der Waals surface area contributed by atoms with E-state index in [1.165, 1.54) is 11.8 Å². The molecular weight excluding hydrogens is 458 g/mol. The zero-order chi connectivity index (χ0) is 26.6. The number of aliphatic carboxylic acids is 1. The van der Waals surface area contributed by atoms with Crippen molar-refractivity contribution >= 4 is 29.3 Å². The molecule has 0 bridgehead atoms. The summed E-state index contributed by atoms with van der Waals surface area (Å²) in [6.45, 7) is 16.7. The summed E-state index contributed by atoms with van der Waals surface area (Å²) < 4.78 is 0. The van der Waals surface area contributed by atoms with Gasteiger partial charge in [0.15, 0.2) is 0 Å². The van der Waals surface area contributed by atoms with Crippen LogP contribution in [0.2, 0.25) is 0 Å². The van der Waals surface area contributed by atoms with Gasteiger partial charge >= 0.3 is 5.97 Å². The Balaban J connectivity index is 1.89. The molecule has 35 heavy (non-hydrogen) atoms. The number of rotatable bonds is 12. The molecule has 2 aliphatic rings. The van der Waals surface area contributed by atoms with Gasteiger partial charge in [-0.25, -0.2) is 0 Å². The zero-order valence-corrected chi connectivity index (χ0v) is 23.8. The first kappa shape index (κ1) is 29.8. The molecule has 0 aliphatic heterocycles. The minimum Gasteiger partial charge on any atom is -0.480 e. The molecule has 2 N–H and O–H groups in total. The number of carboxylic acids is 1. The monoisotopic (exact) mass is 505 g/mol. The molecule has 0 aromatic heterocycles. The molecule has 2 aliphatic carbocycles. The van der Waals surface area contributed by atoms with Crippen molar-refractivity contribution in [1.82, 2.24) is 5.32 Å². The van der Waals surface area contributed by atoms with E-state index < -0.39 is 12.0 Å². The largest absolute Gasteiger partial charge is 0.480 e. The topological polar surface area (TPSA) is 83.5 Å². The maximum Gasteiger partial charge on any atom is 0.321 e. The third-order valence-corrected chi connectivity index (χ3v) is 9.19. The Morgan fingerprint density at radius 3 is 1.80 bits per heavy atom. The number of carbonyl (C=O) groups is 3. The summed E-state index contributed by atoms with van der Waals surface area (Å²) in [6, 6.07) is -0.990. The molecule has 0 fully saturated rings. The number of carbonyl (C=O) groups excluding carboxylic acids is 2. The lowest BCUT2D eigenvalue weighted by Gasteiger charge is -2.39. The first-order chi connectivity index (χ1) is 16.2. The van der Waals surface area contributed by atoms with Crippen LogP contribution in [0.3, 0.4) is 0 Å². The lowest BCUT2D eigenvalue weighted by molar-refractivity contribution is -0.139. The number of hydrogen-bond acceptors (Lipinski definition) is 5. The summed E-state index contributed by atoms with van der Waals surface area (Å²) in [4.78, 5) is 38.2. The van der Waals surface area contributed by atoms with E-state index in [-0.39, 0.29) is 57.4 Å². The molecule has 198 valence electrons. The van der Waals surface area contributed by atoms with Gasteiger partial charge in [-0.1, -0.05) is 72.8 Å². The molecular formula is C29H47NO4S. The average Bonchev–Trinajstić information content (AvgIpc) is 2.69. The molecule has 0 aromatic rings. The van der Waals surface area contributed by atoms with Crippen LogP contribution in [0.5, 0.6) is 0 Å². The smallest absolute Gasteiger partial charge is 0.321 e. The van der Waals surface area contributed by atoms with E-state index in [0.717, 1.165) is 12.8 Å². The van der Waals surface area contributed by atoms with Gasteiger partial charge in [-0.05, 0) is 42.4 Å². The molecule has 0 heterocycles. The van der Waals surface area contributed by atoms with E-state index in [0.29, 0.717) is 18.6 Å². The predicted molar refractivity (Wildman–Crippen MR) is 146 cm³/mol. The Hall–Kier alpha value is -1.40. The van der Waals surface area contributed by atoms with E-state index in [9.17, 15) is 19.5 Å². The summed E-state index contributed by atoms with van der Waals surface area (Å²) in [5.41, 5.74) is -0.141. The fourth-order valence-electron chi connectivity index (χ4n) is 6.28. The maximum absolute atomic E-state index is 13.1. The molecule has 0 spiro atoms. The molecule has 7 atom stereocenters. The number of allylic oxidation sites excluding steroid dienone is 4. The Kier molecular flexibility index (Phi) is 10.4. The van der Waals surface area contributed by atoms with Gasteiger partial charge in [0.05, 0.1) is 0 Å². The normalized spacial score (nSPS) is 29.8. The number of hydrogen-bond donors (Lipinski definition) is 2. The van der Waals surface area contributed by atoms with Crippen LogP contribution in [-0.2, 0) is 14.4 Å². The number of thioether (sulfide) groups is 1. The molecule has 5 nitrogen and oxygen atoms in total. The van der Waals surface area contributed by atoms with E-state index in [1.54, 1.807) is 0 Å². The van der Waals surface area contributed by atoms with Gasteiger partial charge in [0.2, 0.25) is 0 Å². The second kappa shape index (κ2) is 12.2. The van der Waals surface area contributed by atoms with Gasteiger partial charge in [0.25, 0.3) is 0 Å². The fraction of sp³-hybridized carbons (Fsp3) is 0.759. The predicted octanol–water partition coefficient (Wildman–Crippen LogP) is 5.93. The summed E-state index contributed by atoms with van der Waals surface area (Å²) >= 11 is 1.52. The van der Waals surface area contributed by atoms with Crippen LogP contribution in [-0.4, -0.2) is 45.7 Å². The van der Waals surface area contributed by atoms with Crippen molar-refractivity contribution in [3.8, 4) is 0 Å². The highest BCUT2D eigenvalue weighted by molar-refractivity contribution is 7.99. The number of ketones is 2. The third kappa shape index (κ3) is 8.04. The molecule has 6 heteroatoms. The van der Waals surface area contributed by atoms with Crippen LogP contribution in [0.4, 0.5) is 0 Å². The molecule has 7 unspecified atom stereocenters. The van der Waals surface area contributed by atoms with Crippen molar-refractivity contribution in [1.29, 1.82) is 0 Å². The van der Waals surface area contributed by atoms with E-state index >= 15 is 0 Å². The minimum absolute atomic E-state index is 0.00347. The van der Waals surface area contributed by atoms with Gasteiger partial charge < -0.3 is 10.4 Å². The van der Waals surface area contributed by atoms with Gasteiger partial charge in [-0.3, -0.25) is 14.4 Å². The SMILES string of the molecule is CC(CC(=O)C1C(C)C=CCC1(C)C)NC(CSC(C)CC(=O)C1C(C)C=CCC1(C)C)C(=O)O. The third-order valence-electron chi connectivity index (χ3n) is 7.92. The van der Waals surface area contributed by atoms with Crippen LogP contribution >= 0.6 is 11.8 Å². The van der Waals surface area contributed by atoms with Crippen LogP contribution < -0.4 is 5.32 Å². The zero-order valence-electron chi connectivity index (χ0n) is 23.0. The molecule has 0 radical (unpaired) electrons. The molecule has 0 saturated heterocycles. The van der Waals surface area contributed by atoms with Gasteiger partial charge in [-0.2, -0.15) is 11.8 Å². The number of nitrogens with one attached hydrogen (secondary N) is 1. The molecule has 2 rings (SSSR count). The fourth-order valence-corrected chi connectivity index (χ4v) is 7.32. The van der Waals surface area contributed by atoms with E-state index in [4.69, 9.17) is 0 Å². The van der Waals surface area contributed by atoms with Crippen molar-refractivity contribution in [3.05, 3.63) is 24.3 Å². The molecule has 0 amide bonds. The molecule has 0 saturated carbocycles. The summed E-state index contributed by atoms with van der Waals surface area (Å²) in [5.74, 6) is 0.261. The number of carboxylic acid groups (broad SMARTS) is 1. The maximum atomic E-state index is 13.1. The van der Waals surface area contributed by atoms with Crippen molar-refractivity contribution < 1.29 is 19.5 Å². The Morgan fingerprint density at radius 1 is 0.914 bits per heavy atom. The van der Waals surface area contributed by atoms with Crippen LogP contribution in [0.15, 0.2) is 24.3 Å². The first-order valence-corrected chi connectivity index (χ1v) is 14.2. The Labute approximate surface area is 217 Å². The van der Waals surface area contributed by atoms with Crippen molar-refractivity contribution in [2.75, 3.05) is 5.75 Å². The molecule has 0 aromatic carbocycles. The van der Waals surface area contributed by atoms with Crippen LogP contribution in [0.25, 0.3) is 0 Å². The lowest BCUT2D eigenvalue weighted by atomic mass is 9.64. The van der Waals surface area contributed by atoms with Gasteiger partial charge in [0.1, 0.15) is 17.6 Å². The van der Waals surface area contributed by atoms with Crippen LogP contribution in [0, 0.1) is 34.5 Å². The highest BCUT2D eigenvalue weighted by atomic mass is 32.2. The van der Waals surface area contributed by atoms with Gasteiger partial charge in [-0.15, -0.1) is 0 Å². The Bertz CT molecular complexity index is 831. The highest BCUT2D eigenvalue weighted by Gasteiger charge is 2.41. The average molecular weight is 506 g/mol.